The van der Waals surface area contributed by atoms with E-state index in [0.717, 1.165) is 12.1 Å². The molecule has 0 unspecified atom stereocenters. The summed E-state index contributed by atoms with van der Waals surface area (Å²) >= 11 is 0. The molecule has 0 amide bonds. The second-order valence-corrected chi connectivity index (χ2v) is 5.72. The Bertz CT molecular complexity index is 657. The fraction of sp³-hybridized carbons (Fsp3) is 0.300. The number of rotatable bonds is 7. The monoisotopic (exact) mass is 320 g/mol. The lowest BCUT2D eigenvalue weighted by atomic mass is 10.3. The highest BCUT2D eigenvalue weighted by molar-refractivity contribution is 7.89. The first-order valence-corrected chi connectivity index (χ1v) is 7.01. The Morgan fingerprint density at radius 3 is 2.57 bits per heavy atom. The number of aliphatic hydroxyl groups excluding tert-OH is 1. The van der Waals surface area contributed by atoms with E-state index in [9.17, 15) is 28.4 Å². The summed E-state index contributed by atoms with van der Waals surface area (Å²) in [6.45, 7) is -0.371. The molecule has 0 radical (unpaired) electrons. The number of phenols is 1. The molecule has 0 heterocycles. The number of aromatic hydroxyl groups is 1. The van der Waals surface area contributed by atoms with Gasteiger partial charge >= 0.3 is 11.7 Å². The summed E-state index contributed by atoms with van der Waals surface area (Å²) in [5.74, 6) is -2.17. The summed E-state index contributed by atoms with van der Waals surface area (Å²) in [6.07, 6.45) is -2.09. The fourth-order valence-corrected chi connectivity index (χ4v) is 2.42. The molecule has 0 aliphatic heterocycles. The van der Waals surface area contributed by atoms with E-state index in [2.05, 4.69) is 0 Å². The summed E-state index contributed by atoms with van der Waals surface area (Å²) in [4.78, 5) is 19.6. The maximum absolute atomic E-state index is 11.8. The number of aliphatic hydroxyl groups is 1. The van der Waals surface area contributed by atoms with E-state index in [4.69, 9.17) is 10.2 Å². The van der Waals surface area contributed by atoms with Crippen molar-refractivity contribution >= 4 is 21.7 Å². The molecule has 0 saturated heterocycles. The number of nitrogens with zero attached hydrogens (tertiary/aromatic N) is 1. The molecule has 1 aromatic carbocycles. The molecular weight excluding hydrogens is 308 g/mol. The van der Waals surface area contributed by atoms with Gasteiger partial charge < -0.3 is 15.3 Å². The van der Waals surface area contributed by atoms with Gasteiger partial charge in [0.05, 0.1) is 9.82 Å². The number of hydrogen-bond donors (Lipinski definition) is 4. The van der Waals surface area contributed by atoms with Crippen LogP contribution in [0.5, 0.6) is 5.75 Å². The molecule has 0 bridgehead atoms. The Labute approximate surface area is 118 Å². The third kappa shape index (κ3) is 4.37. The van der Waals surface area contributed by atoms with E-state index in [1.165, 1.54) is 0 Å². The van der Waals surface area contributed by atoms with Gasteiger partial charge in [-0.25, -0.2) is 17.9 Å². The standard InChI is InChI=1S/C10H12N2O8S/c13-8-2-1-6(5-7(8)12(17)18)21(19,20)11-4-3-9(14)10(15)16/h1-2,5,9,11,13-14H,3-4H2,(H,15,16)/t9-/m0/s1. The molecule has 10 nitrogen and oxygen atoms in total. The van der Waals surface area contributed by atoms with E-state index >= 15 is 0 Å². The lowest BCUT2D eigenvalue weighted by Gasteiger charge is -2.08. The van der Waals surface area contributed by atoms with Crippen molar-refractivity contribution in [1.29, 1.82) is 0 Å². The van der Waals surface area contributed by atoms with Gasteiger partial charge in [0.2, 0.25) is 10.0 Å². The lowest BCUT2D eigenvalue weighted by Crippen LogP contribution is -2.30. The van der Waals surface area contributed by atoms with Gasteiger partial charge in [0.1, 0.15) is 0 Å². The van der Waals surface area contributed by atoms with Crippen LogP contribution >= 0.6 is 0 Å². The molecule has 0 saturated carbocycles. The SMILES string of the molecule is O=C(O)[C@@H](O)CCNS(=O)(=O)c1ccc(O)c([N+](=O)[O-])c1. The lowest BCUT2D eigenvalue weighted by molar-refractivity contribution is -0.386. The van der Waals surface area contributed by atoms with Crippen LogP contribution in [0.4, 0.5) is 5.69 Å². The highest BCUT2D eigenvalue weighted by atomic mass is 32.2. The molecule has 116 valence electrons. The number of phenolic OH excluding ortho intramolecular Hbond substituents is 1. The first-order valence-electron chi connectivity index (χ1n) is 5.53. The minimum Gasteiger partial charge on any atom is -0.502 e. The zero-order valence-electron chi connectivity index (χ0n) is 10.5. The summed E-state index contributed by atoms with van der Waals surface area (Å²) in [7, 11) is -4.12. The predicted octanol–water partition coefficient (Wildman–Crippen LogP) is -0.586. The van der Waals surface area contributed by atoms with Crippen molar-refractivity contribution in [3.8, 4) is 5.75 Å². The van der Waals surface area contributed by atoms with Crippen molar-refractivity contribution in [2.24, 2.45) is 0 Å². The predicted molar refractivity (Wildman–Crippen MR) is 68.2 cm³/mol. The first kappa shape index (κ1) is 16.8. The smallest absolute Gasteiger partial charge is 0.332 e. The van der Waals surface area contributed by atoms with Crippen LogP contribution in [-0.4, -0.2) is 47.3 Å². The number of nitro benzene ring substituents is 1. The maximum Gasteiger partial charge on any atom is 0.332 e. The molecule has 11 heteroatoms. The average molecular weight is 320 g/mol. The van der Waals surface area contributed by atoms with E-state index in [1.54, 1.807) is 0 Å². The van der Waals surface area contributed by atoms with Crippen LogP contribution in [0.25, 0.3) is 0 Å². The van der Waals surface area contributed by atoms with Gasteiger partial charge in [0, 0.05) is 12.6 Å². The highest BCUT2D eigenvalue weighted by Gasteiger charge is 2.21. The maximum atomic E-state index is 11.8. The first-order chi connectivity index (χ1) is 9.65. The number of sulfonamides is 1. The molecule has 0 aliphatic rings. The number of carboxylic acids is 1. The Morgan fingerprint density at radius 1 is 1.43 bits per heavy atom. The molecule has 0 aromatic heterocycles. The van der Waals surface area contributed by atoms with Gasteiger partial charge in [-0.1, -0.05) is 0 Å². The van der Waals surface area contributed by atoms with Crippen LogP contribution in [0.1, 0.15) is 6.42 Å². The van der Waals surface area contributed by atoms with Crippen LogP contribution in [0.3, 0.4) is 0 Å². The van der Waals surface area contributed by atoms with Crippen molar-refractivity contribution in [3.05, 3.63) is 28.3 Å². The number of carbonyl (C=O) groups is 1. The number of nitro groups is 1. The fourth-order valence-electron chi connectivity index (χ4n) is 1.35. The average Bonchev–Trinajstić information content (AvgIpc) is 2.38. The molecule has 0 fully saturated rings. The quantitative estimate of drug-likeness (QED) is 0.382. The number of nitrogens with one attached hydrogen (secondary N) is 1. The van der Waals surface area contributed by atoms with Crippen LogP contribution in [0, 0.1) is 10.1 Å². The summed E-state index contributed by atoms with van der Waals surface area (Å²) in [5, 5.41) is 37.3. The Balaban J connectivity index is 2.86. The van der Waals surface area contributed by atoms with E-state index in [1.807, 2.05) is 4.72 Å². The summed E-state index contributed by atoms with van der Waals surface area (Å²) in [6, 6.07) is 2.49. The Hall–Kier alpha value is -2.24. The van der Waals surface area contributed by atoms with Crippen LogP contribution in [0.2, 0.25) is 0 Å². The zero-order chi connectivity index (χ0) is 16.2. The third-order valence-electron chi connectivity index (χ3n) is 2.45. The van der Waals surface area contributed by atoms with E-state index in [-0.39, 0.29) is 13.0 Å². The van der Waals surface area contributed by atoms with Crippen molar-refractivity contribution in [2.45, 2.75) is 17.4 Å². The van der Waals surface area contributed by atoms with Gasteiger partial charge in [0.25, 0.3) is 0 Å². The minimum absolute atomic E-state index is 0.366. The molecule has 4 N–H and O–H groups in total. The van der Waals surface area contributed by atoms with Crippen molar-refractivity contribution in [2.75, 3.05) is 6.54 Å². The summed E-state index contributed by atoms with van der Waals surface area (Å²) < 4.78 is 25.6. The zero-order valence-corrected chi connectivity index (χ0v) is 11.3. The van der Waals surface area contributed by atoms with Gasteiger partial charge in [-0.3, -0.25) is 10.1 Å². The topological polar surface area (TPSA) is 167 Å². The Kier molecular flexibility index (Phi) is 5.18. The molecular formula is C10H12N2O8S. The third-order valence-corrected chi connectivity index (χ3v) is 3.91. The number of hydrogen-bond acceptors (Lipinski definition) is 7. The molecule has 1 rings (SSSR count). The van der Waals surface area contributed by atoms with Crippen molar-refractivity contribution in [1.82, 2.24) is 4.72 Å². The van der Waals surface area contributed by atoms with Crippen LogP contribution in [-0.2, 0) is 14.8 Å². The van der Waals surface area contributed by atoms with Crippen LogP contribution < -0.4 is 4.72 Å². The van der Waals surface area contributed by atoms with Gasteiger partial charge in [-0.2, -0.15) is 0 Å². The van der Waals surface area contributed by atoms with E-state index < -0.39 is 43.4 Å². The minimum atomic E-state index is -4.12. The molecule has 0 aliphatic carbocycles. The van der Waals surface area contributed by atoms with E-state index in [0.29, 0.717) is 6.07 Å². The second kappa shape index (κ2) is 6.47. The van der Waals surface area contributed by atoms with Gasteiger partial charge in [0.15, 0.2) is 11.9 Å². The van der Waals surface area contributed by atoms with Crippen molar-refractivity contribution in [3.63, 3.8) is 0 Å². The Morgan fingerprint density at radius 2 is 2.05 bits per heavy atom. The normalized spacial score (nSPS) is 12.8. The molecule has 21 heavy (non-hydrogen) atoms. The van der Waals surface area contributed by atoms with Gasteiger partial charge in [-0.15, -0.1) is 0 Å². The molecule has 0 spiro atoms. The van der Waals surface area contributed by atoms with Crippen molar-refractivity contribution < 1.29 is 33.5 Å². The number of aliphatic carboxylic acids is 1. The largest absolute Gasteiger partial charge is 0.502 e. The molecule has 1 aromatic rings. The highest BCUT2D eigenvalue weighted by Crippen LogP contribution is 2.28. The summed E-state index contributed by atoms with van der Waals surface area (Å²) in [5.41, 5.74) is -0.775. The molecule has 1 atom stereocenters. The second-order valence-electron chi connectivity index (χ2n) is 3.95. The number of carboxylic acid groups (broad SMARTS) is 1. The number of benzene rings is 1. The van der Waals surface area contributed by atoms with Gasteiger partial charge in [-0.05, 0) is 18.6 Å². The van der Waals surface area contributed by atoms with Crippen LogP contribution in [0.15, 0.2) is 23.1 Å².